The fourth-order valence-electron chi connectivity index (χ4n) is 4.81. The van der Waals surface area contributed by atoms with Gasteiger partial charge in [-0.05, 0) is 31.9 Å². The zero-order chi connectivity index (χ0) is 24.8. The van der Waals surface area contributed by atoms with E-state index >= 15 is 0 Å². The molecule has 0 bridgehead atoms. The van der Waals surface area contributed by atoms with Gasteiger partial charge in [0.05, 0.1) is 41.8 Å². The van der Waals surface area contributed by atoms with Gasteiger partial charge in [-0.25, -0.2) is 0 Å². The van der Waals surface area contributed by atoms with Gasteiger partial charge in [0.15, 0.2) is 11.5 Å². The summed E-state index contributed by atoms with van der Waals surface area (Å²) in [5, 5.41) is 15.5. The summed E-state index contributed by atoms with van der Waals surface area (Å²) in [5.74, 6) is 1.35. The normalized spacial score (nSPS) is 29.1. The van der Waals surface area contributed by atoms with Gasteiger partial charge in [-0.2, -0.15) is 5.26 Å². The number of aliphatic imine (C=N–C) groups is 1. The Labute approximate surface area is 217 Å². The van der Waals surface area contributed by atoms with Crippen molar-refractivity contribution in [1.82, 2.24) is 15.5 Å². The predicted octanol–water partition coefficient (Wildman–Crippen LogP) is 2.64. The lowest BCUT2D eigenvalue weighted by Crippen LogP contribution is -2.43. The van der Waals surface area contributed by atoms with Crippen LogP contribution in [0.5, 0.6) is 0 Å². The maximum atomic E-state index is 12.2. The summed E-state index contributed by atoms with van der Waals surface area (Å²) in [6, 6.07) is 2.19. The van der Waals surface area contributed by atoms with E-state index in [0.29, 0.717) is 48.7 Å². The van der Waals surface area contributed by atoms with Crippen molar-refractivity contribution in [2.75, 3.05) is 53.0 Å². The minimum atomic E-state index is -0.588. The summed E-state index contributed by atoms with van der Waals surface area (Å²) in [6.07, 6.45) is 5.01. The van der Waals surface area contributed by atoms with Crippen molar-refractivity contribution >= 4 is 34.7 Å². The number of ether oxygens (including phenoxy) is 2. The summed E-state index contributed by atoms with van der Waals surface area (Å²) in [5.41, 5.74) is 2.50. The van der Waals surface area contributed by atoms with E-state index in [-0.39, 0.29) is 18.2 Å². The number of nitriles is 1. The van der Waals surface area contributed by atoms with Gasteiger partial charge in [0.1, 0.15) is 5.76 Å². The fourth-order valence-corrected chi connectivity index (χ4v) is 5.46. The number of allylic oxidation sites excluding steroid dienone is 1. The number of carbonyl (C=O) groups excluding carboxylic acids is 1. The number of fused-ring (bicyclic) bond motifs is 1. The monoisotopic (exact) mass is 521 g/mol. The van der Waals surface area contributed by atoms with E-state index in [1.807, 2.05) is 6.08 Å². The van der Waals surface area contributed by atoms with Crippen LogP contribution in [0, 0.1) is 11.3 Å². The Kier molecular flexibility index (Phi) is 9.26. The minimum absolute atomic E-state index is 0.0601. The molecule has 2 aliphatic heterocycles. The van der Waals surface area contributed by atoms with Crippen LogP contribution in [0.15, 0.2) is 39.4 Å². The van der Waals surface area contributed by atoms with Gasteiger partial charge in [0, 0.05) is 62.9 Å². The first-order valence-corrected chi connectivity index (χ1v) is 13.2. The zero-order valence-electron chi connectivity index (χ0n) is 20.1. The summed E-state index contributed by atoms with van der Waals surface area (Å²) >= 11 is 12.5. The molecule has 35 heavy (non-hydrogen) atoms. The highest BCUT2D eigenvalue weighted by Gasteiger charge is 2.35. The average molecular weight is 522 g/mol. The van der Waals surface area contributed by atoms with Gasteiger partial charge in [0.25, 0.3) is 0 Å². The van der Waals surface area contributed by atoms with Crippen LogP contribution in [0.4, 0.5) is 0 Å². The van der Waals surface area contributed by atoms with Gasteiger partial charge >= 0.3 is 0 Å². The number of nitrogens with zero attached hydrogens (tertiary/aromatic N) is 3. The largest absolute Gasteiger partial charge is 0.494 e. The average Bonchev–Trinajstić information content (AvgIpc) is 2.87. The Balaban J connectivity index is 1.46. The summed E-state index contributed by atoms with van der Waals surface area (Å²) in [6.45, 7) is 6.46. The smallest absolute Gasteiger partial charge is 0.156 e. The highest BCUT2D eigenvalue weighted by Crippen LogP contribution is 2.35. The third-order valence-electron chi connectivity index (χ3n) is 6.86. The van der Waals surface area contributed by atoms with Crippen molar-refractivity contribution in [2.24, 2.45) is 4.99 Å². The number of methoxy groups -OCH3 is 1. The van der Waals surface area contributed by atoms with Crippen molar-refractivity contribution in [3.63, 3.8) is 0 Å². The highest BCUT2D eigenvalue weighted by atomic mass is 35.5. The number of rotatable bonds is 8. The number of piperazine rings is 1. The molecule has 0 spiro atoms. The number of unbranched alkanes of at least 4 members (excludes halogenated alkanes) is 1. The summed E-state index contributed by atoms with van der Waals surface area (Å²) < 4.78 is 11.8. The molecule has 2 fully saturated rings. The first-order chi connectivity index (χ1) is 17.0. The molecule has 0 amide bonds. The van der Waals surface area contributed by atoms with Crippen LogP contribution in [-0.4, -0.2) is 86.2 Å². The molecule has 2 aliphatic carbocycles. The molecular formula is C25H33Cl2N5O3. The Morgan fingerprint density at radius 1 is 1.26 bits per heavy atom. The molecule has 3 unspecified atom stereocenters. The van der Waals surface area contributed by atoms with E-state index in [1.54, 1.807) is 7.11 Å². The van der Waals surface area contributed by atoms with Crippen LogP contribution in [0.2, 0.25) is 0 Å². The number of halogens is 2. The van der Waals surface area contributed by atoms with Crippen LogP contribution < -0.4 is 10.6 Å². The van der Waals surface area contributed by atoms with E-state index < -0.39 is 10.8 Å². The molecule has 3 atom stereocenters. The van der Waals surface area contributed by atoms with Crippen LogP contribution in [0.3, 0.4) is 0 Å². The Morgan fingerprint density at radius 3 is 2.80 bits per heavy atom. The lowest BCUT2D eigenvalue weighted by Gasteiger charge is -2.33. The predicted molar refractivity (Wildman–Crippen MR) is 137 cm³/mol. The van der Waals surface area contributed by atoms with Crippen LogP contribution in [0.1, 0.15) is 32.1 Å². The second-order valence-electron chi connectivity index (χ2n) is 9.23. The van der Waals surface area contributed by atoms with Crippen LogP contribution in [-0.2, 0) is 14.3 Å². The third-order valence-corrected chi connectivity index (χ3v) is 7.71. The van der Waals surface area contributed by atoms with Crippen LogP contribution >= 0.6 is 23.2 Å². The van der Waals surface area contributed by atoms with E-state index in [4.69, 9.17) is 37.7 Å². The van der Waals surface area contributed by atoms with Gasteiger partial charge in [-0.1, -0.05) is 0 Å². The van der Waals surface area contributed by atoms with E-state index in [1.165, 1.54) is 0 Å². The van der Waals surface area contributed by atoms with Crippen molar-refractivity contribution in [3.05, 3.63) is 34.4 Å². The third kappa shape index (κ3) is 6.46. The number of carbonyl (C=O) groups is 1. The topological polar surface area (TPSA) is 99.0 Å². The standard InChI is InChI=1S/C25H33Cl2N5O3/c1-34-23-10-17-20(13-24(23)35-9-3-2-6-32-7-4-29-5-8-32)30-15-16(14-28)25(17)31-21-12-22(33)19(27)11-18(21)26/h10,18-20,29-30H,2-9,11-13,15H2,1H3. The molecule has 4 aliphatic rings. The van der Waals surface area contributed by atoms with E-state index in [9.17, 15) is 10.1 Å². The Morgan fingerprint density at radius 2 is 2.06 bits per heavy atom. The molecule has 0 radical (unpaired) electrons. The summed E-state index contributed by atoms with van der Waals surface area (Å²) in [4.78, 5) is 19.4. The molecule has 10 heteroatoms. The molecule has 0 aromatic carbocycles. The molecule has 8 nitrogen and oxygen atoms in total. The first kappa shape index (κ1) is 26.2. The zero-order valence-corrected chi connectivity index (χ0v) is 21.6. The molecule has 2 N–H and O–H groups in total. The molecule has 0 aromatic heterocycles. The number of ketones is 1. The van der Waals surface area contributed by atoms with Crippen molar-refractivity contribution in [2.45, 2.75) is 48.9 Å². The highest BCUT2D eigenvalue weighted by molar-refractivity contribution is 6.40. The number of nitrogens with one attached hydrogen (secondary N) is 2. The lowest BCUT2D eigenvalue weighted by atomic mass is 9.88. The molecule has 4 rings (SSSR count). The molecule has 2 heterocycles. The SMILES string of the molecule is COC1=C(OCCCCN2CCNCC2)CC2NCC(C#N)=C(N=C3CC(=O)C(Cl)CC3Cl)C2=C1. The number of hydrogen-bond donors (Lipinski definition) is 2. The molecular weight excluding hydrogens is 489 g/mol. The number of alkyl halides is 2. The van der Waals surface area contributed by atoms with Gasteiger partial charge in [-0.15, -0.1) is 23.2 Å². The van der Waals surface area contributed by atoms with Crippen molar-refractivity contribution < 1.29 is 14.3 Å². The van der Waals surface area contributed by atoms with Crippen molar-refractivity contribution in [3.8, 4) is 6.07 Å². The molecule has 0 aromatic rings. The van der Waals surface area contributed by atoms with Gasteiger partial charge < -0.3 is 25.0 Å². The molecule has 190 valence electrons. The quantitative estimate of drug-likeness (QED) is 0.374. The second-order valence-corrected chi connectivity index (χ2v) is 10.3. The number of Topliss-reactive ketones (excluding diaryl/α,β-unsaturated/α-hetero) is 1. The maximum Gasteiger partial charge on any atom is 0.156 e. The van der Waals surface area contributed by atoms with E-state index in [2.05, 4.69) is 21.6 Å². The second kappa shape index (κ2) is 12.4. The van der Waals surface area contributed by atoms with Crippen molar-refractivity contribution in [1.29, 1.82) is 5.26 Å². The molecule has 1 saturated carbocycles. The fraction of sp³-hybridized carbons (Fsp3) is 0.640. The van der Waals surface area contributed by atoms with Gasteiger partial charge in [-0.3, -0.25) is 9.79 Å². The van der Waals surface area contributed by atoms with Crippen LogP contribution in [0.25, 0.3) is 0 Å². The Hall–Kier alpha value is -1.89. The maximum absolute atomic E-state index is 12.2. The number of hydrogen-bond acceptors (Lipinski definition) is 8. The Bertz CT molecular complexity index is 978. The summed E-state index contributed by atoms with van der Waals surface area (Å²) in [7, 11) is 1.62. The molecule has 1 saturated heterocycles. The lowest BCUT2D eigenvalue weighted by molar-refractivity contribution is -0.118. The minimum Gasteiger partial charge on any atom is -0.494 e. The van der Waals surface area contributed by atoms with Gasteiger partial charge in [0.2, 0.25) is 0 Å². The van der Waals surface area contributed by atoms with E-state index in [0.717, 1.165) is 56.9 Å². The first-order valence-electron chi connectivity index (χ1n) is 12.3.